The summed E-state index contributed by atoms with van der Waals surface area (Å²) >= 11 is 0. The SMILES string of the molecule is [CH2][CH][CH][CH][CH]OC. The molecule has 0 N–H and O–H groups in total. The van der Waals surface area contributed by atoms with Crippen molar-refractivity contribution in [2.45, 2.75) is 0 Å². The van der Waals surface area contributed by atoms with Crippen molar-refractivity contribution < 1.29 is 4.74 Å². The fraction of sp³-hybridized carbons (Fsp3) is 0.167. The predicted molar refractivity (Wildman–Crippen MR) is 29.6 cm³/mol. The number of methoxy groups -OCH3 is 1. The molecule has 0 spiro atoms. The molecule has 0 heterocycles. The second-order valence-corrected chi connectivity index (χ2v) is 0.992. The van der Waals surface area contributed by atoms with Gasteiger partial charge in [-0.25, -0.2) is 0 Å². The Bertz CT molecular complexity index is 23.4. The topological polar surface area (TPSA) is 9.23 Å². The van der Waals surface area contributed by atoms with Crippen LogP contribution in [0.2, 0.25) is 0 Å². The fourth-order valence-corrected chi connectivity index (χ4v) is 0.202. The Kier molecular flexibility index (Phi) is 5.93. The lowest BCUT2D eigenvalue weighted by atomic mass is 10.3. The van der Waals surface area contributed by atoms with E-state index in [4.69, 9.17) is 0 Å². The molecule has 0 atom stereocenters. The van der Waals surface area contributed by atoms with E-state index in [0.29, 0.717) is 0 Å². The fourth-order valence-electron chi connectivity index (χ4n) is 0.202. The lowest BCUT2D eigenvalue weighted by Crippen LogP contribution is -1.80. The van der Waals surface area contributed by atoms with Crippen molar-refractivity contribution >= 4 is 0 Å². The zero-order valence-electron chi connectivity index (χ0n) is 4.42. The van der Waals surface area contributed by atoms with Crippen LogP contribution in [0.3, 0.4) is 0 Å². The van der Waals surface area contributed by atoms with Gasteiger partial charge in [-0.2, -0.15) is 0 Å². The van der Waals surface area contributed by atoms with Gasteiger partial charge in [0.2, 0.25) is 0 Å². The van der Waals surface area contributed by atoms with Gasteiger partial charge in [0.1, 0.15) is 0 Å². The maximum atomic E-state index is 4.58. The van der Waals surface area contributed by atoms with Crippen LogP contribution >= 0.6 is 0 Å². The van der Waals surface area contributed by atoms with Gasteiger partial charge in [-0.1, -0.05) is 0 Å². The first-order valence-electron chi connectivity index (χ1n) is 2.05. The van der Waals surface area contributed by atoms with Gasteiger partial charge in [0.15, 0.2) is 0 Å². The lowest BCUT2D eigenvalue weighted by molar-refractivity contribution is 0.289. The molecule has 0 aromatic heterocycles. The first-order valence-corrected chi connectivity index (χ1v) is 2.05. The maximum Gasteiger partial charge on any atom is 0.0870 e. The number of hydrogen-bond donors (Lipinski definition) is 0. The molecule has 0 rings (SSSR count). The Morgan fingerprint density at radius 1 is 1.43 bits per heavy atom. The Balaban J connectivity index is 2.45. The highest BCUT2D eigenvalue weighted by Crippen LogP contribution is 1.91. The van der Waals surface area contributed by atoms with Crippen LogP contribution < -0.4 is 0 Å². The standard InChI is InChI=1S/C6H9O/c1-3-4-5-6-7-2/h3-6H,1H2,2H3. The van der Waals surface area contributed by atoms with E-state index in [-0.39, 0.29) is 0 Å². The van der Waals surface area contributed by atoms with Crippen molar-refractivity contribution in [2.24, 2.45) is 0 Å². The number of hydrogen-bond acceptors (Lipinski definition) is 1. The molecule has 0 amide bonds. The highest BCUT2D eigenvalue weighted by atomic mass is 16.5. The normalized spacial score (nSPS) is 9.43. The molecule has 0 aliphatic carbocycles. The van der Waals surface area contributed by atoms with Crippen molar-refractivity contribution in [1.29, 1.82) is 0 Å². The van der Waals surface area contributed by atoms with E-state index in [9.17, 15) is 0 Å². The average Bonchev–Trinajstić information content (AvgIpc) is 1.69. The van der Waals surface area contributed by atoms with E-state index in [1.807, 2.05) is 0 Å². The van der Waals surface area contributed by atoms with E-state index in [0.717, 1.165) is 0 Å². The van der Waals surface area contributed by atoms with Gasteiger partial charge in [0.25, 0.3) is 0 Å². The zero-order chi connectivity index (χ0) is 5.54. The molecule has 0 bridgehead atoms. The van der Waals surface area contributed by atoms with Crippen LogP contribution in [0, 0.1) is 32.8 Å². The van der Waals surface area contributed by atoms with Crippen molar-refractivity contribution in [2.75, 3.05) is 7.11 Å². The van der Waals surface area contributed by atoms with Crippen LogP contribution in [0.4, 0.5) is 0 Å². The van der Waals surface area contributed by atoms with Crippen LogP contribution in [0.5, 0.6) is 0 Å². The van der Waals surface area contributed by atoms with Gasteiger partial charge in [-0.05, 0) is 26.2 Å². The number of unbranched alkanes of at least 4 members (excludes halogenated alkanes) is 2. The third-order valence-corrected chi connectivity index (χ3v) is 0.462. The van der Waals surface area contributed by atoms with E-state index in [1.54, 1.807) is 33.0 Å². The lowest BCUT2D eigenvalue weighted by Gasteiger charge is -1.90. The van der Waals surface area contributed by atoms with Crippen molar-refractivity contribution in [3.05, 3.63) is 32.8 Å². The third-order valence-electron chi connectivity index (χ3n) is 0.462. The number of rotatable bonds is 4. The van der Waals surface area contributed by atoms with Gasteiger partial charge in [-0.3, -0.25) is 0 Å². The van der Waals surface area contributed by atoms with Gasteiger partial charge in [-0.15, -0.1) is 0 Å². The maximum absolute atomic E-state index is 4.58. The highest BCUT2D eigenvalue weighted by Gasteiger charge is 1.82. The summed E-state index contributed by atoms with van der Waals surface area (Å²) in [5, 5.41) is 0. The summed E-state index contributed by atoms with van der Waals surface area (Å²) in [5.41, 5.74) is 0. The molecular weight excluding hydrogens is 88.1 g/mol. The zero-order valence-corrected chi connectivity index (χ0v) is 4.42. The molecule has 1 heteroatoms. The summed E-state index contributed by atoms with van der Waals surface area (Å²) < 4.78 is 4.58. The molecule has 0 unspecified atom stereocenters. The second kappa shape index (κ2) is 5.96. The Labute approximate surface area is 45.7 Å². The van der Waals surface area contributed by atoms with Gasteiger partial charge in [0.05, 0.1) is 6.61 Å². The average molecular weight is 97.1 g/mol. The van der Waals surface area contributed by atoms with E-state index < -0.39 is 0 Å². The number of ether oxygens (including phenoxy) is 1. The minimum absolute atomic E-state index is 1.58. The highest BCUT2D eigenvalue weighted by molar-refractivity contribution is 5.01. The monoisotopic (exact) mass is 97.1 g/mol. The van der Waals surface area contributed by atoms with Crippen LogP contribution in [0.15, 0.2) is 0 Å². The summed E-state index contributed by atoms with van der Waals surface area (Å²) in [7, 11) is 1.60. The molecule has 0 aromatic carbocycles. The Morgan fingerprint density at radius 2 is 2.14 bits per heavy atom. The van der Waals surface area contributed by atoms with Crippen molar-refractivity contribution in [1.82, 2.24) is 0 Å². The summed E-state index contributed by atoms with van der Waals surface area (Å²) in [6.07, 6.45) is 5.26. The van der Waals surface area contributed by atoms with Crippen LogP contribution in [-0.4, -0.2) is 7.11 Å². The molecule has 0 fully saturated rings. The molecule has 0 saturated heterocycles. The first kappa shape index (κ1) is 6.96. The summed E-state index contributed by atoms with van der Waals surface area (Å²) in [4.78, 5) is 0. The predicted octanol–water partition coefficient (Wildman–Crippen LogP) is 1.24. The summed E-state index contributed by atoms with van der Waals surface area (Å²) in [6, 6.07) is 0. The molecule has 1 nitrogen and oxygen atoms in total. The molecule has 39 valence electrons. The van der Waals surface area contributed by atoms with Crippen molar-refractivity contribution in [3.63, 3.8) is 0 Å². The summed E-state index contributed by atoms with van der Waals surface area (Å²) in [5.74, 6) is 0. The smallest absolute Gasteiger partial charge is 0.0870 e. The molecule has 5 radical (unpaired) electrons. The third kappa shape index (κ3) is 5.96. The molecule has 0 saturated carbocycles. The van der Waals surface area contributed by atoms with Crippen molar-refractivity contribution in [3.8, 4) is 0 Å². The quantitative estimate of drug-likeness (QED) is 0.479. The minimum atomic E-state index is 1.58. The van der Waals surface area contributed by atoms with Crippen LogP contribution in [0.1, 0.15) is 0 Å². The Hall–Kier alpha value is -0.0400. The van der Waals surface area contributed by atoms with Crippen LogP contribution in [-0.2, 0) is 4.74 Å². The largest absolute Gasteiger partial charge is 0.378 e. The minimum Gasteiger partial charge on any atom is -0.378 e. The summed E-state index contributed by atoms with van der Waals surface area (Å²) in [6.45, 7) is 5.06. The first-order chi connectivity index (χ1) is 3.41. The van der Waals surface area contributed by atoms with Gasteiger partial charge in [0, 0.05) is 7.11 Å². The van der Waals surface area contributed by atoms with Gasteiger partial charge >= 0.3 is 0 Å². The molecule has 7 heavy (non-hydrogen) atoms. The van der Waals surface area contributed by atoms with E-state index in [2.05, 4.69) is 11.7 Å². The molecular formula is C6H9O. The van der Waals surface area contributed by atoms with E-state index >= 15 is 0 Å². The van der Waals surface area contributed by atoms with Gasteiger partial charge < -0.3 is 4.74 Å². The van der Waals surface area contributed by atoms with E-state index in [1.165, 1.54) is 0 Å². The molecule has 0 aliphatic heterocycles. The molecule has 0 aliphatic rings. The Morgan fingerprint density at radius 3 is 2.57 bits per heavy atom. The van der Waals surface area contributed by atoms with Crippen LogP contribution in [0.25, 0.3) is 0 Å². The second-order valence-electron chi connectivity index (χ2n) is 0.992. The molecule has 0 aromatic rings.